The Kier molecular flexibility index (Phi) is 68.1. The van der Waals surface area contributed by atoms with E-state index in [9.17, 15) is 19.4 Å². The SMILES string of the molecule is CCCCCCC/C=C\C/C=C\CCCCCCCCCCCCCCCCCCCCCCCCCCCCCCCC(=O)NC(COP(=O)([O-])OCC[N+](C)(C)C)C(O)/C=C/CC/C=C/CC/C=C/CCCCCCCCCCCCCCCCC. The van der Waals surface area contributed by atoms with Crippen LogP contribution in [0, 0.1) is 0 Å². The van der Waals surface area contributed by atoms with E-state index in [4.69, 9.17) is 9.05 Å². The molecule has 0 aromatic rings. The van der Waals surface area contributed by atoms with Crippen LogP contribution in [0.2, 0.25) is 0 Å². The third-order valence-electron chi connectivity index (χ3n) is 17.7. The summed E-state index contributed by atoms with van der Waals surface area (Å²) in [5, 5.41) is 14.0. The summed E-state index contributed by atoms with van der Waals surface area (Å²) in [6.07, 6.45) is 96.8. The molecule has 0 spiro atoms. The van der Waals surface area contributed by atoms with Crippen molar-refractivity contribution in [2.24, 2.45) is 0 Å². The first-order chi connectivity index (χ1) is 43.0. The Morgan fingerprint density at radius 3 is 0.989 bits per heavy atom. The summed E-state index contributed by atoms with van der Waals surface area (Å²) in [6.45, 7) is 4.66. The number of hydrogen-bond donors (Lipinski definition) is 2. The van der Waals surface area contributed by atoms with E-state index >= 15 is 0 Å². The van der Waals surface area contributed by atoms with E-state index in [2.05, 4.69) is 67.8 Å². The minimum Gasteiger partial charge on any atom is -0.756 e. The summed E-state index contributed by atoms with van der Waals surface area (Å²) in [7, 11) is 1.25. The van der Waals surface area contributed by atoms with Gasteiger partial charge in [-0.2, -0.15) is 0 Å². The van der Waals surface area contributed by atoms with Gasteiger partial charge in [0.15, 0.2) is 0 Å². The molecule has 0 aliphatic rings. The van der Waals surface area contributed by atoms with Crippen LogP contribution in [-0.2, 0) is 18.4 Å². The third kappa shape index (κ3) is 71.6. The first kappa shape index (κ1) is 86.2. The molecule has 3 atom stereocenters. The number of aliphatic hydroxyl groups excluding tert-OH is 1. The van der Waals surface area contributed by atoms with Gasteiger partial charge in [-0.15, -0.1) is 0 Å². The molecule has 0 saturated carbocycles. The van der Waals surface area contributed by atoms with Gasteiger partial charge in [0.2, 0.25) is 5.91 Å². The van der Waals surface area contributed by atoms with Crippen molar-refractivity contribution in [3.8, 4) is 0 Å². The first-order valence-electron chi connectivity index (χ1n) is 38.7. The molecule has 0 rings (SSSR count). The average molecular weight is 1260 g/mol. The first-order valence-corrected chi connectivity index (χ1v) is 40.1. The van der Waals surface area contributed by atoms with E-state index in [-0.39, 0.29) is 12.5 Å². The summed E-state index contributed by atoms with van der Waals surface area (Å²) in [6, 6.07) is -0.911. The minimum atomic E-state index is -4.62. The molecule has 8 nitrogen and oxygen atoms in total. The Morgan fingerprint density at radius 1 is 0.398 bits per heavy atom. The molecule has 518 valence electrons. The molecule has 0 radical (unpaired) electrons. The number of phosphoric acid groups is 1. The maximum atomic E-state index is 13.1. The van der Waals surface area contributed by atoms with Crippen molar-refractivity contribution in [2.75, 3.05) is 40.9 Å². The highest BCUT2D eigenvalue weighted by Crippen LogP contribution is 2.38. The second kappa shape index (κ2) is 69.5. The van der Waals surface area contributed by atoms with Crippen molar-refractivity contribution >= 4 is 13.7 Å². The average Bonchev–Trinajstić information content (AvgIpc) is 3.71. The summed E-state index contributed by atoms with van der Waals surface area (Å²) < 4.78 is 23.5. The second-order valence-corrected chi connectivity index (χ2v) is 29.1. The van der Waals surface area contributed by atoms with E-state index in [1.165, 1.54) is 315 Å². The Morgan fingerprint density at radius 2 is 0.670 bits per heavy atom. The van der Waals surface area contributed by atoms with Gasteiger partial charge in [0.25, 0.3) is 7.82 Å². The molecular formula is C79H151N2O6P. The quantitative estimate of drug-likeness (QED) is 0.0272. The van der Waals surface area contributed by atoms with Crippen LogP contribution in [0.4, 0.5) is 0 Å². The lowest BCUT2D eigenvalue weighted by molar-refractivity contribution is -0.870. The zero-order chi connectivity index (χ0) is 64.1. The molecule has 3 unspecified atom stereocenters. The Balaban J connectivity index is 3.96. The Hall–Kier alpha value is -1.80. The fourth-order valence-corrected chi connectivity index (χ4v) is 12.4. The topological polar surface area (TPSA) is 108 Å². The highest BCUT2D eigenvalue weighted by molar-refractivity contribution is 7.45. The molecule has 0 saturated heterocycles. The lowest BCUT2D eigenvalue weighted by Gasteiger charge is -2.29. The molecule has 88 heavy (non-hydrogen) atoms. The number of aliphatic hydroxyl groups is 1. The predicted octanol–water partition coefficient (Wildman–Crippen LogP) is 24.5. The van der Waals surface area contributed by atoms with Crippen LogP contribution in [-0.4, -0.2) is 68.5 Å². The lowest BCUT2D eigenvalue weighted by Crippen LogP contribution is -2.45. The number of amides is 1. The molecular weight excluding hydrogens is 1100 g/mol. The van der Waals surface area contributed by atoms with Crippen LogP contribution in [0.15, 0.2) is 60.8 Å². The van der Waals surface area contributed by atoms with Gasteiger partial charge < -0.3 is 28.8 Å². The van der Waals surface area contributed by atoms with Crippen LogP contribution < -0.4 is 10.2 Å². The van der Waals surface area contributed by atoms with Crippen LogP contribution in [0.3, 0.4) is 0 Å². The number of nitrogens with zero attached hydrogens (tertiary/aromatic N) is 1. The van der Waals surface area contributed by atoms with E-state index in [0.29, 0.717) is 17.4 Å². The van der Waals surface area contributed by atoms with E-state index < -0.39 is 26.6 Å². The van der Waals surface area contributed by atoms with Gasteiger partial charge in [0.05, 0.1) is 39.9 Å². The number of quaternary nitrogens is 1. The normalized spacial score (nSPS) is 13.9. The van der Waals surface area contributed by atoms with Crippen LogP contribution in [0.25, 0.3) is 0 Å². The maximum absolute atomic E-state index is 13.1. The molecule has 0 aliphatic heterocycles. The monoisotopic (exact) mass is 1260 g/mol. The molecule has 0 fully saturated rings. The molecule has 0 aromatic carbocycles. The number of nitrogens with one attached hydrogen (secondary N) is 1. The Bertz CT molecular complexity index is 1620. The number of carbonyl (C=O) groups excluding carboxylic acids is 1. The number of hydrogen-bond acceptors (Lipinski definition) is 6. The van der Waals surface area contributed by atoms with E-state index in [1.54, 1.807) is 6.08 Å². The second-order valence-electron chi connectivity index (χ2n) is 27.7. The molecule has 0 heterocycles. The molecule has 0 bridgehead atoms. The number of likely N-dealkylation sites (N-methyl/N-ethyl adjacent to an activating group) is 1. The highest BCUT2D eigenvalue weighted by atomic mass is 31.2. The van der Waals surface area contributed by atoms with Crippen LogP contribution >= 0.6 is 7.82 Å². The van der Waals surface area contributed by atoms with Crippen molar-refractivity contribution in [3.63, 3.8) is 0 Å². The number of carbonyl (C=O) groups is 1. The fourth-order valence-electron chi connectivity index (χ4n) is 11.7. The van der Waals surface area contributed by atoms with E-state index in [0.717, 1.165) is 51.4 Å². The fraction of sp³-hybridized carbons (Fsp3) is 0.861. The molecule has 0 aliphatic carbocycles. The smallest absolute Gasteiger partial charge is 0.268 e. The largest absolute Gasteiger partial charge is 0.756 e. The van der Waals surface area contributed by atoms with Gasteiger partial charge in [-0.3, -0.25) is 9.36 Å². The number of rotatable bonds is 72. The van der Waals surface area contributed by atoms with Crippen molar-refractivity contribution in [3.05, 3.63) is 60.8 Å². The maximum Gasteiger partial charge on any atom is 0.268 e. The van der Waals surface area contributed by atoms with Gasteiger partial charge in [0.1, 0.15) is 13.2 Å². The molecule has 0 aromatic heterocycles. The Labute approximate surface area is 549 Å². The highest BCUT2D eigenvalue weighted by Gasteiger charge is 2.23. The van der Waals surface area contributed by atoms with E-state index in [1.807, 2.05) is 27.2 Å². The van der Waals surface area contributed by atoms with Gasteiger partial charge in [-0.05, 0) is 77.0 Å². The summed E-state index contributed by atoms with van der Waals surface area (Å²) in [4.78, 5) is 25.7. The van der Waals surface area contributed by atoms with Gasteiger partial charge in [-0.25, -0.2) is 0 Å². The summed E-state index contributed by atoms with van der Waals surface area (Å²) >= 11 is 0. The third-order valence-corrected chi connectivity index (χ3v) is 18.6. The standard InChI is InChI=1S/C79H151N2O6P/c1-6-8-10-12-14-16-18-20-22-24-26-28-30-32-33-34-35-36-37-38-39-40-41-42-43-44-45-46-47-49-51-53-55-57-59-61-63-65-67-69-71-73-79(83)80-77(76-87-88(84,85)86-75-74-81(3,4)5)78(82)72-70-68-66-64-62-60-58-56-54-52-50-48-31-29-27-25-23-21-19-17-15-13-11-9-7-2/h18,20,24,26,54,56,62,64,70,72,77-78,82H,6-17,19,21-23,25,27-53,55,57-61,63,65-69,71,73-76H2,1-5H3,(H-,80,83,84,85)/b20-18-,26-24-,56-54+,64-62+,72-70+. The van der Waals surface area contributed by atoms with Crippen molar-refractivity contribution < 1.29 is 32.9 Å². The zero-order valence-corrected chi connectivity index (χ0v) is 60.3. The van der Waals surface area contributed by atoms with Gasteiger partial charge >= 0.3 is 0 Å². The lowest BCUT2D eigenvalue weighted by atomic mass is 10.0. The minimum absolute atomic E-state index is 0.00815. The number of allylic oxidation sites excluding steroid dienone is 9. The van der Waals surface area contributed by atoms with Crippen molar-refractivity contribution in [2.45, 2.75) is 398 Å². The zero-order valence-electron chi connectivity index (χ0n) is 59.4. The van der Waals surface area contributed by atoms with Crippen LogP contribution in [0.5, 0.6) is 0 Å². The number of phosphoric ester groups is 1. The molecule has 1 amide bonds. The molecule has 2 N–H and O–H groups in total. The summed E-state index contributed by atoms with van der Waals surface area (Å²) in [5.41, 5.74) is 0. The number of unbranched alkanes of at least 4 members (excludes halogenated alkanes) is 51. The molecule has 9 heteroatoms. The summed E-state index contributed by atoms with van der Waals surface area (Å²) in [5.74, 6) is -0.204. The predicted molar refractivity (Wildman–Crippen MR) is 385 cm³/mol. The van der Waals surface area contributed by atoms with Gasteiger partial charge in [0, 0.05) is 6.42 Å². The van der Waals surface area contributed by atoms with Crippen molar-refractivity contribution in [1.29, 1.82) is 0 Å². The van der Waals surface area contributed by atoms with Gasteiger partial charge in [-0.1, -0.05) is 364 Å². The van der Waals surface area contributed by atoms with Crippen molar-refractivity contribution in [1.82, 2.24) is 5.32 Å². The van der Waals surface area contributed by atoms with Crippen LogP contribution in [0.1, 0.15) is 386 Å².